The molecule has 114 valence electrons. The lowest BCUT2D eigenvalue weighted by Crippen LogP contribution is -2.31. The molecular weight excluding hydrogens is 298 g/mol. The number of furan rings is 1. The fourth-order valence-electron chi connectivity index (χ4n) is 2.42. The van der Waals surface area contributed by atoms with Gasteiger partial charge in [0.2, 0.25) is 0 Å². The molecule has 0 bridgehead atoms. The van der Waals surface area contributed by atoms with E-state index >= 15 is 0 Å². The van der Waals surface area contributed by atoms with Gasteiger partial charge in [-0.2, -0.15) is 4.37 Å². The molecule has 1 aromatic carbocycles. The number of urea groups is 1. The predicted octanol–water partition coefficient (Wildman–Crippen LogP) is 4.39. The average Bonchev–Trinajstić information content (AvgIpc) is 3.04. The molecule has 2 N–H and O–H groups in total. The van der Waals surface area contributed by atoms with Crippen LogP contribution in [0, 0.1) is 13.8 Å². The number of hydrogen-bond acceptors (Lipinski definition) is 4. The van der Waals surface area contributed by atoms with Crippen LogP contribution in [0.15, 0.2) is 34.9 Å². The first-order valence-corrected chi connectivity index (χ1v) is 7.80. The van der Waals surface area contributed by atoms with E-state index in [1.54, 1.807) is 6.20 Å². The van der Waals surface area contributed by atoms with Crippen LogP contribution in [0.2, 0.25) is 0 Å². The first-order valence-electron chi connectivity index (χ1n) is 7.03. The van der Waals surface area contributed by atoms with E-state index in [9.17, 15) is 4.79 Å². The van der Waals surface area contributed by atoms with Crippen LogP contribution in [-0.2, 0) is 0 Å². The zero-order valence-corrected chi connectivity index (χ0v) is 13.5. The number of aryl methyl sites for hydroxylation is 2. The van der Waals surface area contributed by atoms with E-state index in [-0.39, 0.29) is 12.1 Å². The molecule has 0 saturated carbocycles. The molecule has 0 aliphatic carbocycles. The van der Waals surface area contributed by atoms with Crippen LogP contribution in [0.25, 0.3) is 11.0 Å². The largest absolute Gasteiger partial charge is 0.459 e. The van der Waals surface area contributed by atoms with Crippen molar-refractivity contribution in [1.29, 1.82) is 0 Å². The highest BCUT2D eigenvalue weighted by Gasteiger charge is 2.18. The number of rotatable bonds is 3. The molecule has 2 amide bonds. The standard InChI is InChI=1S/C16H17N3O2S/c1-9-8-17-22-15(9)19-16(20)18-11(3)14-10(2)12-6-4-5-7-13(12)21-14/h4-8,11H,1-3H3,(H2,18,19,20)/t11-/m0/s1. The summed E-state index contributed by atoms with van der Waals surface area (Å²) in [6.07, 6.45) is 1.73. The fraction of sp³-hybridized carbons (Fsp3) is 0.250. The second-order valence-electron chi connectivity index (χ2n) is 5.25. The number of carbonyl (C=O) groups excluding carboxylic acids is 1. The molecule has 0 spiro atoms. The molecule has 1 atom stereocenters. The van der Waals surface area contributed by atoms with Gasteiger partial charge in [0, 0.05) is 22.7 Å². The Bertz CT molecular complexity index is 822. The van der Waals surface area contributed by atoms with Crippen molar-refractivity contribution in [3.63, 3.8) is 0 Å². The van der Waals surface area contributed by atoms with Gasteiger partial charge >= 0.3 is 6.03 Å². The van der Waals surface area contributed by atoms with E-state index in [0.717, 1.165) is 32.9 Å². The van der Waals surface area contributed by atoms with E-state index in [1.807, 2.05) is 45.0 Å². The van der Waals surface area contributed by atoms with Crippen LogP contribution in [0.5, 0.6) is 0 Å². The van der Waals surface area contributed by atoms with Crippen LogP contribution in [0.3, 0.4) is 0 Å². The summed E-state index contributed by atoms with van der Waals surface area (Å²) < 4.78 is 9.90. The van der Waals surface area contributed by atoms with Crippen molar-refractivity contribution in [3.05, 3.63) is 47.3 Å². The summed E-state index contributed by atoms with van der Waals surface area (Å²) in [7, 11) is 0. The lowest BCUT2D eigenvalue weighted by atomic mass is 10.1. The summed E-state index contributed by atoms with van der Waals surface area (Å²) in [4.78, 5) is 12.1. The minimum absolute atomic E-state index is 0.222. The van der Waals surface area contributed by atoms with Gasteiger partial charge in [0.25, 0.3) is 0 Å². The van der Waals surface area contributed by atoms with Gasteiger partial charge in [0.15, 0.2) is 0 Å². The normalized spacial score (nSPS) is 12.3. The molecule has 0 aliphatic rings. The molecule has 5 nitrogen and oxygen atoms in total. The Kier molecular flexibility index (Phi) is 3.85. The van der Waals surface area contributed by atoms with Gasteiger partial charge in [-0.1, -0.05) is 18.2 Å². The number of para-hydroxylation sites is 1. The van der Waals surface area contributed by atoms with Crippen LogP contribution in [0.4, 0.5) is 9.80 Å². The van der Waals surface area contributed by atoms with Gasteiger partial charge in [0.1, 0.15) is 16.3 Å². The molecule has 22 heavy (non-hydrogen) atoms. The third-order valence-electron chi connectivity index (χ3n) is 3.60. The molecule has 3 rings (SSSR count). The first-order chi connectivity index (χ1) is 10.6. The number of carbonyl (C=O) groups is 1. The highest BCUT2D eigenvalue weighted by atomic mass is 32.1. The molecule has 2 heterocycles. The van der Waals surface area contributed by atoms with Crippen LogP contribution in [0.1, 0.15) is 29.9 Å². The highest BCUT2D eigenvalue weighted by molar-refractivity contribution is 7.10. The number of fused-ring (bicyclic) bond motifs is 1. The van der Waals surface area contributed by atoms with E-state index in [0.29, 0.717) is 0 Å². The number of amides is 2. The Labute approximate surface area is 132 Å². The van der Waals surface area contributed by atoms with Crippen molar-refractivity contribution in [2.75, 3.05) is 5.32 Å². The maximum atomic E-state index is 12.1. The van der Waals surface area contributed by atoms with Gasteiger partial charge < -0.3 is 9.73 Å². The summed E-state index contributed by atoms with van der Waals surface area (Å²) >= 11 is 1.26. The van der Waals surface area contributed by atoms with Crippen LogP contribution < -0.4 is 10.6 Å². The van der Waals surface area contributed by atoms with E-state index < -0.39 is 0 Å². The number of nitrogens with zero attached hydrogens (tertiary/aromatic N) is 1. The molecular formula is C16H17N3O2S. The minimum Gasteiger partial charge on any atom is -0.459 e. The smallest absolute Gasteiger partial charge is 0.320 e. The second-order valence-corrected chi connectivity index (χ2v) is 6.05. The predicted molar refractivity (Wildman–Crippen MR) is 88.4 cm³/mol. The summed E-state index contributed by atoms with van der Waals surface area (Å²) in [6, 6.07) is 7.38. The Morgan fingerprint density at radius 2 is 2.09 bits per heavy atom. The maximum absolute atomic E-state index is 12.1. The van der Waals surface area contributed by atoms with Gasteiger partial charge in [-0.05, 0) is 38.4 Å². The zero-order chi connectivity index (χ0) is 15.7. The first kappa shape index (κ1) is 14.6. The van der Waals surface area contributed by atoms with Crippen molar-refractivity contribution in [1.82, 2.24) is 9.69 Å². The molecule has 0 radical (unpaired) electrons. The summed E-state index contributed by atoms with van der Waals surface area (Å²) in [5.41, 5.74) is 2.84. The van der Waals surface area contributed by atoms with E-state index in [4.69, 9.17) is 4.42 Å². The van der Waals surface area contributed by atoms with E-state index in [2.05, 4.69) is 15.0 Å². The second kappa shape index (κ2) is 5.81. The number of hydrogen-bond donors (Lipinski definition) is 2. The quantitative estimate of drug-likeness (QED) is 0.753. The molecule has 0 aliphatic heterocycles. The number of nitrogens with one attached hydrogen (secondary N) is 2. The summed E-state index contributed by atoms with van der Waals surface area (Å²) in [6.45, 7) is 5.82. The number of aromatic nitrogens is 1. The summed E-state index contributed by atoms with van der Waals surface area (Å²) in [5.74, 6) is 0.775. The molecule has 6 heteroatoms. The zero-order valence-electron chi connectivity index (χ0n) is 12.6. The molecule has 0 fully saturated rings. The number of anilines is 1. The Morgan fingerprint density at radius 1 is 1.32 bits per heavy atom. The van der Waals surface area contributed by atoms with Gasteiger partial charge in [-0.25, -0.2) is 4.79 Å². The van der Waals surface area contributed by atoms with Crippen molar-refractivity contribution in [2.24, 2.45) is 0 Å². The van der Waals surface area contributed by atoms with Gasteiger partial charge in [-0.3, -0.25) is 5.32 Å². The van der Waals surface area contributed by atoms with Gasteiger partial charge in [-0.15, -0.1) is 0 Å². The molecule has 0 saturated heterocycles. The third-order valence-corrected chi connectivity index (χ3v) is 4.41. The lowest BCUT2D eigenvalue weighted by molar-refractivity contribution is 0.248. The monoisotopic (exact) mass is 315 g/mol. The highest BCUT2D eigenvalue weighted by Crippen LogP contribution is 2.29. The molecule has 0 unspecified atom stereocenters. The summed E-state index contributed by atoms with van der Waals surface area (Å²) in [5, 5.41) is 7.54. The van der Waals surface area contributed by atoms with E-state index in [1.165, 1.54) is 11.5 Å². The van der Waals surface area contributed by atoms with Crippen LogP contribution >= 0.6 is 11.5 Å². The lowest BCUT2D eigenvalue weighted by Gasteiger charge is -2.13. The third kappa shape index (κ3) is 2.69. The Balaban J connectivity index is 1.75. The minimum atomic E-state index is -0.264. The maximum Gasteiger partial charge on any atom is 0.320 e. The SMILES string of the molecule is Cc1cnsc1NC(=O)N[C@@H](C)c1oc2ccccc2c1C. The molecule has 3 aromatic rings. The van der Waals surface area contributed by atoms with Crippen molar-refractivity contribution >= 4 is 33.5 Å². The molecule has 2 aromatic heterocycles. The topological polar surface area (TPSA) is 67.2 Å². The average molecular weight is 315 g/mol. The van der Waals surface area contributed by atoms with Crippen LogP contribution in [-0.4, -0.2) is 10.4 Å². The fourth-order valence-corrected chi connectivity index (χ4v) is 3.07. The van der Waals surface area contributed by atoms with Crippen molar-refractivity contribution in [2.45, 2.75) is 26.8 Å². The van der Waals surface area contributed by atoms with Crippen molar-refractivity contribution in [3.8, 4) is 0 Å². The Morgan fingerprint density at radius 3 is 2.77 bits per heavy atom. The number of benzene rings is 1. The Hall–Kier alpha value is -2.34. The van der Waals surface area contributed by atoms with Gasteiger partial charge in [0.05, 0.1) is 6.04 Å². The van der Waals surface area contributed by atoms with Crippen molar-refractivity contribution < 1.29 is 9.21 Å².